The Labute approximate surface area is 280 Å². The van der Waals surface area contributed by atoms with Crippen LogP contribution in [0.4, 0.5) is 13.2 Å². The molecule has 6 aliphatic carbocycles. The molecule has 2 bridgehead atoms. The Balaban J connectivity index is 1.34. The van der Waals surface area contributed by atoms with Crippen molar-refractivity contribution in [3.63, 3.8) is 0 Å². The molecule has 6 nitrogen and oxygen atoms in total. The number of Topliss-reactive ketones (excluding diaryl/α,β-unsaturated/α-hetero) is 1. The third-order valence-electron chi connectivity index (χ3n) is 13.5. The normalized spacial score (nSPS) is 38.7. The Hall–Kier alpha value is -2.79. The number of rotatable bonds is 7. The van der Waals surface area contributed by atoms with Crippen LogP contribution < -0.4 is 0 Å². The van der Waals surface area contributed by atoms with Crippen molar-refractivity contribution in [2.75, 3.05) is 12.8 Å². The van der Waals surface area contributed by atoms with Gasteiger partial charge in [0.1, 0.15) is 0 Å². The van der Waals surface area contributed by atoms with Gasteiger partial charge in [-0.25, -0.2) is 8.42 Å². The molecule has 8 unspecified atom stereocenters. The maximum atomic E-state index is 14.7. The van der Waals surface area contributed by atoms with E-state index in [0.29, 0.717) is 44.1 Å². The second-order valence-electron chi connectivity index (χ2n) is 15.7. The lowest BCUT2D eigenvalue weighted by Crippen LogP contribution is -2.67. The monoisotopic (exact) mass is 683 g/mol. The molecule has 0 saturated heterocycles. The third kappa shape index (κ3) is 4.76. The smallest absolute Gasteiger partial charge is 0.393 e. The zero-order valence-electron chi connectivity index (χ0n) is 27.6. The lowest BCUT2D eigenvalue weighted by atomic mass is 9.32. The van der Waals surface area contributed by atoms with Gasteiger partial charge < -0.3 is 10.2 Å². The maximum absolute atomic E-state index is 14.7. The average Bonchev–Trinajstić information content (AvgIpc) is 3.30. The molecular weight excluding hydrogens is 639 g/mol. The van der Waals surface area contributed by atoms with Gasteiger partial charge in [0, 0.05) is 40.5 Å². The van der Waals surface area contributed by atoms with E-state index >= 15 is 0 Å². The number of nitrogens with zero attached hydrogens (tertiary/aromatic N) is 1. The van der Waals surface area contributed by atoms with Crippen LogP contribution in [-0.2, 0) is 22.7 Å². The highest BCUT2D eigenvalue weighted by Gasteiger charge is 2.74. The fraction of sp³-hybridized carbons (Fsp3) is 0.553. The summed E-state index contributed by atoms with van der Waals surface area (Å²) in [6, 6.07) is 13.8. The largest absolute Gasteiger partial charge is 0.416 e. The standard InChI is InChI=1S/C38H44F3NO5S/c1-33-15-12-28(43)21-35(33)18-19-37(29(22-35)32(44)26-10-7-11-27(20-26)38(39,40)41)30(33)13-16-34(2)31(37)14-17-36(34,45)24-42(48(3,46)47)23-25-8-5-4-6-9-25/h4-11,18-20,22,28,30-31,43,45H,12-17,21,23-24H2,1-3H3. The van der Waals surface area contributed by atoms with E-state index in [1.54, 1.807) is 0 Å². The summed E-state index contributed by atoms with van der Waals surface area (Å²) >= 11 is 0. The van der Waals surface area contributed by atoms with Crippen molar-refractivity contribution in [1.29, 1.82) is 0 Å². The van der Waals surface area contributed by atoms with Gasteiger partial charge in [0.05, 0.1) is 23.5 Å². The second kappa shape index (κ2) is 10.9. The van der Waals surface area contributed by atoms with Crippen LogP contribution in [0.3, 0.4) is 0 Å². The third-order valence-corrected chi connectivity index (χ3v) is 14.7. The van der Waals surface area contributed by atoms with Crippen molar-refractivity contribution in [1.82, 2.24) is 4.31 Å². The first-order valence-electron chi connectivity index (χ1n) is 16.9. The average molecular weight is 684 g/mol. The summed E-state index contributed by atoms with van der Waals surface area (Å²) in [6.07, 6.45) is 6.08. The van der Waals surface area contributed by atoms with E-state index in [9.17, 15) is 36.6 Å². The SMILES string of the molecule is CC12CCC(O)CC13C=CC1(C(C(=O)c4cccc(C(F)(F)F)c4)=C3)C2CCC2(C)C1CCC2(O)CN(Cc1ccccc1)S(C)(=O)=O. The maximum Gasteiger partial charge on any atom is 0.416 e. The van der Waals surface area contributed by atoms with E-state index in [-0.39, 0.29) is 35.9 Å². The first-order chi connectivity index (χ1) is 22.4. The van der Waals surface area contributed by atoms with Gasteiger partial charge in [-0.1, -0.05) is 74.5 Å². The molecule has 2 aromatic rings. The molecule has 10 heteroatoms. The van der Waals surface area contributed by atoms with Gasteiger partial charge in [-0.2, -0.15) is 17.5 Å². The van der Waals surface area contributed by atoms with Crippen molar-refractivity contribution >= 4 is 15.8 Å². The van der Waals surface area contributed by atoms with Gasteiger partial charge in [-0.3, -0.25) is 4.79 Å². The topological polar surface area (TPSA) is 94.9 Å². The molecule has 0 amide bonds. The number of benzene rings is 2. The molecule has 2 N–H and O–H groups in total. The Kier molecular flexibility index (Phi) is 7.62. The number of sulfonamides is 1. The number of fused-ring (bicyclic) bond motifs is 1. The first-order valence-corrected chi connectivity index (χ1v) is 18.8. The van der Waals surface area contributed by atoms with Crippen LogP contribution in [0, 0.1) is 33.5 Å². The summed E-state index contributed by atoms with van der Waals surface area (Å²) in [6.45, 7) is 4.26. The number of hydrogen-bond donors (Lipinski definition) is 2. The molecule has 2 aromatic carbocycles. The Morgan fingerprint density at radius 3 is 2.29 bits per heavy atom. The van der Waals surface area contributed by atoms with E-state index in [2.05, 4.69) is 19.1 Å². The first kappa shape index (κ1) is 33.7. The molecule has 0 aromatic heterocycles. The lowest BCUT2D eigenvalue weighted by Gasteiger charge is -2.71. The van der Waals surface area contributed by atoms with Gasteiger partial charge in [0.15, 0.2) is 5.78 Å². The number of allylic oxidation sites excluding steroid dienone is 4. The van der Waals surface area contributed by atoms with Crippen molar-refractivity contribution in [3.05, 3.63) is 95.1 Å². The van der Waals surface area contributed by atoms with E-state index in [0.717, 1.165) is 30.4 Å². The molecule has 0 heterocycles. The van der Waals surface area contributed by atoms with Gasteiger partial charge in [0.2, 0.25) is 10.0 Å². The summed E-state index contributed by atoms with van der Waals surface area (Å²) in [5, 5.41) is 23.6. The number of alkyl halides is 3. The molecule has 258 valence electrons. The number of aliphatic hydroxyl groups excluding tert-OH is 1. The summed E-state index contributed by atoms with van der Waals surface area (Å²) in [5.41, 5.74) is -3.71. The van der Waals surface area contributed by atoms with Crippen LogP contribution >= 0.6 is 0 Å². The van der Waals surface area contributed by atoms with Crippen molar-refractivity contribution < 1.29 is 36.6 Å². The molecule has 6 aliphatic rings. The summed E-state index contributed by atoms with van der Waals surface area (Å²) in [7, 11) is -3.72. The molecule has 2 spiro atoms. The summed E-state index contributed by atoms with van der Waals surface area (Å²) in [5.74, 6) is -0.780. The van der Waals surface area contributed by atoms with Crippen LogP contribution in [-0.4, -0.2) is 53.2 Å². The fourth-order valence-electron chi connectivity index (χ4n) is 11.0. The predicted molar refractivity (Wildman–Crippen MR) is 176 cm³/mol. The molecule has 8 atom stereocenters. The van der Waals surface area contributed by atoms with Gasteiger partial charge in [-0.05, 0) is 79.9 Å². The number of ketones is 1. The fourth-order valence-corrected chi connectivity index (χ4v) is 11.8. The van der Waals surface area contributed by atoms with Crippen LogP contribution in [0.25, 0.3) is 0 Å². The predicted octanol–water partition coefficient (Wildman–Crippen LogP) is 6.94. The zero-order valence-corrected chi connectivity index (χ0v) is 28.4. The zero-order chi connectivity index (χ0) is 34.5. The molecular formula is C38H44F3NO5S. The van der Waals surface area contributed by atoms with Crippen molar-refractivity contribution in [2.45, 2.75) is 83.2 Å². The number of carbonyl (C=O) groups is 1. The minimum atomic E-state index is -4.61. The molecule has 0 radical (unpaired) electrons. The van der Waals surface area contributed by atoms with Crippen LogP contribution in [0.2, 0.25) is 0 Å². The minimum absolute atomic E-state index is 0.0359. The van der Waals surface area contributed by atoms with Gasteiger partial charge in [0.25, 0.3) is 0 Å². The second-order valence-corrected chi connectivity index (χ2v) is 17.7. The van der Waals surface area contributed by atoms with E-state index < -0.39 is 55.5 Å². The van der Waals surface area contributed by atoms with E-state index in [4.69, 9.17) is 0 Å². The highest BCUT2D eigenvalue weighted by atomic mass is 32.2. The van der Waals surface area contributed by atoms with Crippen LogP contribution in [0.1, 0.15) is 80.3 Å². The van der Waals surface area contributed by atoms with Crippen molar-refractivity contribution in [3.8, 4) is 0 Å². The summed E-state index contributed by atoms with van der Waals surface area (Å²) in [4.78, 5) is 14.7. The molecule has 3 saturated carbocycles. The Bertz CT molecular complexity index is 1810. The highest BCUT2D eigenvalue weighted by molar-refractivity contribution is 7.88. The molecule has 0 aliphatic heterocycles. The molecule has 48 heavy (non-hydrogen) atoms. The molecule has 8 rings (SSSR count). The Morgan fingerprint density at radius 2 is 1.60 bits per heavy atom. The quantitative estimate of drug-likeness (QED) is 0.244. The van der Waals surface area contributed by atoms with Crippen LogP contribution in [0.5, 0.6) is 0 Å². The minimum Gasteiger partial charge on any atom is -0.393 e. The number of halogens is 3. The van der Waals surface area contributed by atoms with Gasteiger partial charge >= 0.3 is 6.18 Å². The van der Waals surface area contributed by atoms with E-state index in [1.165, 1.54) is 16.4 Å². The Morgan fingerprint density at radius 1 is 0.938 bits per heavy atom. The summed E-state index contributed by atoms with van der Waals surface area (Å²) < 4.78 is 69.1. The number of aliphatic hydroxyl groups is 2. The van der Waals surface area contributed by atoms with Gasteiger partial charge in [-0.15, -0.1) is 0 Å². The van der Waals surface area contributed by atoms with E-state index in [1.807, 2.05) is 43.3 Å². The van der Waals surface area contributed by atoms with Crippen molar-refractivity contribution in [2.24, 2.45) is 33.5 Å². The number of carbonyl (C=O) groups excluding carboxylic acids is 1. The molecule has 3 fully saturated rings. The lowest BCUT2D eigenvalue weighted by molar-refractivity contribution is -0.173. The van der Waals surface area contributed by atoms with Crippen LogP contribution in [0.15, 0.2) is 78.4 Å². The highest BCUT2D eigenvalue weighted by Crippen LogP contribution is 2.78. The number of hydrogen-bond acceptors (Lipinski definition) is 5.